The summed E-state index contributed by atoms with van der Waals surface area (Å²) >= 11 is 0. The summed E-state index contributed by atoms with van der Waals surface area (Å²) in [4.78, 5) is 16.9. The van der Waals surface area contributed by atoms with Crippen LogP contribution in [0.15, 0.2) is 59.6 Å². The number of benzene rings is 2. The van der Waals surface area contributed by atoms with Gasteiger partial charge in [-0.05, 0) is 18.1 Å². The Morgan fingerprint density at radius 1 is 1.10 bits per heavy atom. The van der Waals surface area contributed by atoms with Crippen molar-refractivity contribution < 1.29 is 4.79 Å². The molecule has 0 aromatic heterocycles. The first-order valence-electron chi connectivity index (χ1n) is 6.88. The van der Waals surface area contributed by atoms with Gasteiger partial charge < -0.3 is 5.73 Å². The fourth-order valence-corrected chi connectivity index (χ4v) is 2.64. The van der Waals surface area contributed by atoms with E-state index in [1.165, 1.54) is 5.56 Å². The van der Waals surface area contributed by atoms with E-state index in [9.17, 15) is 4.79 Å². The molecular formula is C17H17N3O. The summed E-state index contributed by atoms with van der Waals surface area (Å²) in [5, 5.41) is 2.63. The van der Waals surface area contributed by atoms with Crippen molar-refractivity contribution in [3.05, 3.63) is 71.3 Å². The Hall–Kier alpha value is -2.62. The van der Waals surface area contributed by atoms with Gasteiger partial charge in [0.1, 0.15) is 0 Å². The number of nitrogens with zero attached hydrogens (tertiary/aromatic N) is 1. The van der Waals surface area contributed by atoms with E-state index >= 15 is 0 Å². The molecule has 106 valence electrons. The van der Waals surface area contributed by atoms with Gasteiger partial charge in [0.2, 0.25) is 0 Å². The van der Waals surface area contributed by atoms with Gasteiger partial charge >= 0.3 is 0 Å². The molecule has 0 bridgehead atoms. The highest BCUT2D eigenvalue weighted by Gasteiger charge is 2.44. The van der Waals surface area contributed by atoms with Gasteiger partial charge in [-0.15, -0.1) is 0 Å². The Labute approximate surface area is 123 Å². The lowest BCUT2D eigenvalue weighted by molar-refractivity contribution is -0.124. The number of carbonyl (C=O) groups is 1. The molecule has 3 rings (SSSR count). The number of nitrogens with one attached hydrogen (secondary N) is 1. The van der Waals surface area contributed by atoms with Gasteiger partial charge in [-0.2, -0.15) is 0 Å². The van der Waals surface area contributed by atoms with Gasteiger partial charge in [0.25, 0.3) is 5.91 Å². The molecule has 0 fully saturated rings. The normalized spacial score (nSPS) is 21.0. The maximum atomic E-state index is 12.5. The molecule has 4 nitrogen and oxygen atoms in total. The lowest BCUT2D eigenvalue weighted by Crippen LogP contribution is -2.40. The van der Waals surface area contributed by atoms with Crippen LogP contribution in [-0.2, 0) is 16.8 Å². The van der Waals surface area contributed by atoms with Crippen LogP contribution in [0.25, 0.3) is 0 Å². The zero-order chi connectivity index (χ0) is 14.9. The number of nitrogens with two attached hydrogens (primary N) is 1. The maximum Gasteiger partial charge on any atom is 0.259 e. The third-order valence-corrected chi connectivity index (χ3v) is 3.76. The number of rotatable bonds is 3. The molecule has 1 heterocycles. The Bertz CT molecular complexity index is 692. The molecule has 0 saturated heterocycles. The summed E-state index contributed by atoms with van der Waals surface area (Å²) in [6.45, 7) is 2.04. The van der Waals surface area contributed by atoms with Crippen molar-refractivity contribution in [3.8, 4) is 0 Å². The quantitative estimate of drug-likeness (QED) is 0.900. The van der Waals surface area contributed by atoms with Crippen LogP contribution < -0.4 is 11.1 Å². The smallest absolute Gasteiger partial charge is 0.259 e. The SMILES string of the molecule is Cc1ccc(C[C@]2(c3ccccc3)N=C(N)NC2=O)cc1. The first-order valence-corrected chi connectivity index (χ1v) is 6.88. The van der Waals surface area contributed by atoms with E-state index in [2.05, 4.69) is 10.3 Å². The third-order valence-electron chi connectivity index (χ3n) is 3.76. The molecule has 0 spiro atoms. The minimum absolute atomic E-state index is 0.174. The second-order valence-electron chi connectivity index (χ2n) is 5.34. The minimum Gasteiger partial charge on any atom is -0.370 e. The predicted molar refractivity (Wildman–Crippen MR) is 82.8 cm³/mol. The first kappa shape index (κ1) is 13.4. The molecule has 3 N–H and O–H groups in total. The molecule has 0 aliphatic carbocycles. The summed E-state index contributed by atoms with van der Waals surface area (Å²) in [7, 11) is 0. The van der Waals surface area contributed by atoms with E-state index in [0.717, 1.165) is 11.1 Å². The molecule has 2 aromatic rings. The van der Waals surface area contributed by atoms with Gasteiger partial charge in [-0.1, -0.05) is 60.2 Å². The molecule has 21 heavy (non-hydrogen) atoms. The molecule has 1 atom stereocenters. The summed E-state index contributed by atoms with van der Waals surface area (Å²) < 4.78 is 0. The third kappa shape index (κ3) is 2.40. The lowest BCUT2D eigenvalue weighted by Gasteiger charge is -2.24. The first-order chi connectivity index (χ1) is 10.1. The van der Waals surface area contributed by atoms with Crippen LogP contribution in [0, 0.1) is 6.92 Å². The number of aryl methyl sites for hydroxylation is 1. The van der Waals surface area contributed by atoms with E-state index in [0.29, 0.717) is 6.42 Å². The number of aliphatic imine (C=N–C) groups is 1. The van der Waals surface area contributed by atoms with Gasteiger partial charge in [-0.25, -0.2) is 4.99 Å². The minimum atomic E-state index is -0.972. The van der Waals surface area contributed by atoms with Crippen molar-refractivity contribution in [1.82, 2.24) is 5.32 Å². The van der Waals surface area contributed by atoms with Crippen LogP contribution in [-0.4, -0.2) is 11.9 Å². The largest absolute Gasteiger partial charge is 0.370 e. The molecular weight excluding hydrogens is 262 g/mol. The molecule has 1 amide bonds. The number of carbonyl (C=O) groups excluding carboxylic acids is 1. The van der Waals surface area contributed by atoms with Crippen LogP contribution in [0.1, 0.15) is 16.7 Å². The number of hydrogen-bond acceptors (Lipinski definition) is 3. The standard InChI is InChI=1S/C17H17N3O/c1-12-7-9-13(10-8-12)11-17(14-5-3-2-4-6-14)15(21)19-16(18)20-17/h2-10H,11H2,1H3,(H3,18,19,20,21)/t17-/m1/s1. The van der Waals surface area contributed by atoms with Gasteiger partial charge in [-0.3, -0.25) is 10.1 Å². The maximum absolute atomic E-state index is 12.5. The van der Waals surface area contributed by atoms with Gasteiger partial charge in [0, 0.05) is 6.42 Å². The van der Waals surface area contributed by atoms with Crippen molar-refractivity contribution in [2.24, 2.45) is 10.7 Å². The summed E-state index contributed by atoms with van der Waals surface area (Å²) in [6, 6.07) is 17.7. The zero-order valence-electron chi connectivity index (χ0n) is 11.8. The Morgan fingerprint density at radius 3 is 2.33 bits per heavy atom. The summed E-state index contributed by atoms with van der Waals surface area (Å²) in [5.74, 6) is 0.00254. The zero-order valence-corrected chi connectivity index (χ0v) is 11.8. The summed E-state index contributed by atoms with van der Waals surface area (Å²) in [6.07, 6.45) is 0.490. The molecule has 0 saturated carbocycles. The topological polar surface area (TPSA) is 67.5 Å². The molecule has 2 aromatic carbocycles. The highest BCUT2D eigenvalue weighted by molar-refractivity contribution is 6.07. The van der Waals surface area contributed by atoms with Crippen molar-refractivity contribution in [2.75, 3.05) is 0 Å². The van der Waals surface area contributed by atoms with Crippen LogP contribution in [0.2, 0.25) is 0 Å². The molecule has 4 heteroatoms. The molecule has 1 aliphatic heterocycles. The van der Waals surface area contributed by atoms with Gasteiger partial charge in [0.15, 0.2) is 11.5 Å². The second-order valence-corrected chi connectivity index (χ2v) is 5.34. The highest BCUT2D eigenvalue weighted by Crippen LogP contribution is 2.33. The average Bonchev–Trinajstić information content (AvgIpc) is 2.77. The second kappa shape index (κ2) is 5.05. The highest BCUT2D eigenvalue weighted by atomic mass is 16.2. The van der Waals surface area contributed by atoms with Gasteiger partial charge in [0.05, 0.1) is 0 Å². The number of amides is 1. The number of hydrogen-bond donors (Lipinski definition) is 2. The molecule has 0 unspecified atom stereocenters. The Morgan fingerprint density at radius 2 is 1.76 bits per heavy atom. The van der Waals surface area contributed by atoms with E-state index in [4.69, 9.17) is 5.73 Å². The molecule has 0 radical (unpaired) electrons. The van der Waals surface area contributed by atoms with E-state index < -0.39 is 5.54 Å². The summed E-state index contributed by atoms with van der Waals surface area (Å²) in [5.41, 5.74) is 7.85. The van der Waals surface area contributed by atoms with E-state index in [1.807, 2.05) is 61.5 Å². The fourth-order valence-electron chi connectivity index (χ4n) is 2.64. The van der Waals surface area contributed by atoms with Crippen LogP contribution >= 0.6 is 0 Å². The Balaban J connectivity index is 2.06. The fraction of sp³-hybridized carbons (Fsp3) is 0.176. The lowest BCUT2D eigenvalue weighted by atomic mass is 9.84. The Kier molecular flexibility index (Phi) is 3.22. The average molecular weight is 279 g/mol. The van der Waals surface area contributed by atoms with Crippen molar-refractivity contribution >= 4 is 11.9 Å². The van der Waals surface area contributed by atoms with Crippen LogP contribution in [0.5, 0.6) is 0 Å². The number of guanidine groups is 1. The van der Waals surface area contributed by atoms with Crippen molar-refractivity contribution in [3.63, 3.8) is 0 Å². The van der Waals surface area contributed by atoms with Crippen LogP contribution in [0.3, 0.4) is 0 Å². The van der Waals surface area contributed by atoms with Crippen molar-refractivity contribution in [2.45, 2.75) is 18.9 Å². The van der Waals surface area contributed by atoms with Crippen molar-refractivity contribution in [1.29, 1.82) is 0 Å². The van der Waals surface area contributed by atoms with Crippen LogP contribution in [0.4, 0.5) is 0 Å². The monoisotopic (exact) mass is 279 g/mol. The predicted octanol–water partition coefficient (Wildman–Crippen LogP) is 1.88. The van der Waals surface area contributed by atoms with E-state index in [1.54, 1.807) is 0 Å². The van der Waals surface area contributed by atoms with E-state index in [-0.39, 0.29) is 11.9 Å². The molecule has 1 aliphatic rings.